The smallest absolute Gasteiger partial charge is 0.0752 e. The van der Waals surface area contributed by atoms with Crippen LogP contribution in [-0.2, 0) is 6.54 Å². The van der Waals surface area contributed by atoms with E-state index in [1.807, 2.05) is 13.0 Å². The minimum Gasteiger partial charge on any atom is -0.313 e. The van der Waals surface area contributed by atoms with Crippen LogP contribution in [0, 0.1) is 6.92 Å². The van der Waals surface area contributed by atoms with Gasteiger partial charge in [-0.15, -0.1) is 0 Å². The van der Waals surface area contributed by atoms with Gasteiger partial charge in [0.1, 0.15) is 0 Å². The summed E-state index contributed by atoms with van der Waals surface area (Å²) < 4.78 is 0. The molecule has 0 spiro atoms. The number of aryl methyl sites for hydroxylation is 1. The van der Waals surface area contributed by atoms with Gasteiger partial charge in [-0.1, -0.05) is 38.4 Å². The molecule has 2 nitrogen and oxygen atoms in total. The number of nitrogens with one attached hydrogen (secondary N) is 1. The Kier molecular flexibility index (Phi) is 4.43. The van der Waals surface area contributed by atoms with Gasteiger partial charge in [-0.05, 0) is 42.6 Å². The molecular weight excluding hydrogens is 256 g/mol. The number of pyridine rings is 1. The van der Waals surface area contributed by atoms with Crippen molar-refractivity contribution in [3.05, 3.63) is 40.0 Å². The number of rotatable bonds is 4. The molecule has 0 bridgehead atoms. The van der Waals surface area contributed by atoms with Gasteiger partial charge < -0.3 is 5.32 Å². The van der Waals surface area contributed by atoms with Gasteiger partial charge >= 0.3 is 0 Å². The van der Waals surface area contributed by atoms with Crippen molar-refractivity contribution < 1.29 is 0 Å². The summed E-state index contributed by atoms with van der Waals surface area (Å²) in [5.74, 6) is 0.420. The zero-order valence-corrected chi connectivity index (χ0v) is 12.8. The summed E-state index contributed by atoms with van der Waals surface area (Å²) >= 11 is 6.22. The Morgan fingerprint density at radius 3 is 2.68 bits per heavy atom. The first-order valence-electron chi connectivity index (χ1n) is 6.84. The molecule has 0 saturated carbocycles. The maximum Gasteiger partial charge on any atom is 0.0752 e. The summed E-state index contributed by atoms with van der Waals surface area (Å²) in [4.78, 5) is 4.79. The largest absolute Gasteiger partial charge is 0.313 e. The summed E-state index contributed by atoms with van der Waals surface area (Å²) in [6, 6.07) is 6.25. The fourth-order valence-electron chi connectivity index (χ4n) is 2.20. The molecule has 1 aromatic carbocycles. The lowest BCUT2D eigenvalue weighted by Crippen LogP contribution is -2.13. The van der Waals surface area contributed by atoms with Crippen molar-refractivity contribution in [2.75, 3.05) is 6.54 Å². The van der Waals surface area contributed by atoms with E-state index in [9.17, 15) is 0 Å². The summed E-state index contributed by atoms with van der Waals surface area (Å²) in [5.41, 5.74) is 4.53. The molecule has 2 rings (SSSR count). The van der Waals surface area contributed by atoms with E-state index in [0.29, 0.717) is 5.92 Å². The van der Waals surface area contributed by atoms with E-state index in [4.69, 9.17) is 16.6 Å². The molecule has 1 N–H and O–H groups in total. The standard InChI is InChI=1S/C16H21ClN2/c1-5-18-9-12-8-15(10(2)3)19-16-11(4)14(17)7-6-13(12)16/h6-8,10,18H,5,9H2,1-4H3. The number of nitrogens with zero attached hydrogens (tertiary/aromatic N) is 1. The van der Waals surface area contributed by atoms with Crippen LogP contribution in [0.1, 0.15) is 43.5 Å². The third-order valence-electron chi connectivity index (χ3n) is 3.43. The third kappa shape index (κ3) is 2.90. The van der Waals surface area contributed by atoms with E-state index in [0.717, 1.165) is 34.9 Å². The van der Waals surface area contributed by atoms with Crippen LogP contribution in [0.3, 0.4) is 0 Å². The van der Waals surface area contributed by atoms with Crippen LogP contribution in [0.5, 0.6) is 0 Å². The van der Waals surface area contributed by atoms with Gasteiger partial charge in [0.05, 0.1) is 5.52 Å². The van der Waals surface area contributed by atoms with Crippen LogP contribution in [-0.4, -0.2) is 11.5 Å². The SMILES string of the molecule is CCNCc1cc(C(C)C)nc2c(C)c(Cl)ccc12. The molecular formula is C16H21ClN2. The number of halogens is 1. The average molecular weight is 277 g/mol. The molecule has 0 aliphatic heterocycles. The topological polar surface area (TPSA) is 24.9 Å². The van der Waals surface area contributed by atoms with Gasteiger partial charge in [0, 0.05) is 22.6 Å². The average Bonchev–Trinajstić information content (AvgIpc) is 2.40. The minimum absolute atomic E-state index is 0.420. The first kappa shape index (κ1) is 14.3. The summed E-state index contributed by atoms with van der Waals surface area (Å²) in [5, 5.41) is 5.38. The normalized spacial score (nSPS) is 11.5. The van der Waals surface area contributed by atoms with Gasteiger partial charge in [-0.25, -0.2) is 0 Å². The molecule has 3 heteroatoms. The highest BCUT2D eigenvalue weighted by Crippen LogP contribution is 2.28. The number of benzene rings is 1. The molecule has 0 saturated heterocycles. The maximum absolute atomic E-state index is 6.22. The van der Waals surface area contributed by atoms with Gasteiger partial charge in [-0.3, -0.25) is 4.98 Å². The van der Waals surface area contributed by atoms with Gasteiger partial charge in [0.25, 0.3) is 0 Å². The number of fused-ring (bicyclic) bond motifs is 1. The van der Waals surface area contributed by atoms with Crippen LogP contribution in [0.25, 0.3) is 10.9 Å². The number of hydrogen-bond acceptors (Lipinski definition) is 2. The molecule has 19 heavy (non-hydrogen) atoms. The van der Waals surface area contributed by atoms with Crippen molar-refractivity contribution in [1.29, 1.82) is 0 Å². The Balaban J connectivity index is 2.67. The van der Waals surface area contributed by atoms with Crippen molar-refractivity contribution in [2.24, 2.45) is 0 Å². The Morgan fingerprint density at radius 2 is 2.05 bits per heavy atom. The van der Waals surface area contributed by atoms with Crippen LogP contribution >= 0.6 is 11.6 Å². The van der Waals surface area contributed by atoms with E-state index >= 15 is 0 Å². The zero-order chi connectivity index (χ0) is 14.0. The fraction of sp³-hybridized carbons (Fsp3) is 0.438. The molecule has 0 fully saturated rings. The van der Waals surface area contributed by atoms with Crippen molar-refractivity contribution in [3.8, 4) is 0 Å². The Labute approximate surface area is 120 Å². The highest BCUT2D eigenvalue weighted by atomic mass is 35.5. The predicted molar refractivity (Wildman–Crippen MR) is 83.0 cm³/mol. The van der Waals surface area contributed by atoms with E-state index in [1.54, 1.807) is 0 Å². The summed E-state index contributed by atoms with van der Waals surface area (Å²) in [6.07, 6.45) is 0. The molecule has 0 unspecified atom stereocenters. The lowest BCUT2D eigenvalue weighted by atomic mass is 10.0. The summed E-state index contributed by atoms with van der Waals surface area (Å²) in [7, 11) is 0. The van der Waals surface area contributed by atoms with Crippen LogP contribution in [0.2, 0.25) is 5.02 Å². The number of hydrogen-bond donors (Lipinski definition) is 1. The Hall–Kier alpha value is -1.12. The highest BCUT2D eigenvalue weighted by Gasteiger charge is 2.11. The minimum atomic E-state index is 0.420. The lowest BCUT2D eigenvalue weighted by Gasteiger charge is -2.14. The lowest BCUT2D eigenvalue weighted by molar-refractivity contribution is 0.726. The van der Waals surface area contributed by atoms with Gasteiger partial charge in [-0.2, -0.15) is 0 Å². The zero-order valence-electron chi connectivity index (χ0n) is 12.0. The Morgan fingerprint density at radius 1 is 1.32 bits per heavy atom. The van der Waals surface area contributed by atoms with E-state index in [2.05, 4.69) is 38.2 Å². The predicted octanol–water partition coefficient (Wildman–Crippen LogP) is 4.43. The molecule has 102 valence electrons. The molecule has 1 aromatic heterocycles. The van der Waals surface area contributed by atoms with Crippen molar-refractivity contribution in [1.82, 2.24) is 10.3 Å². The van der Waals surface area contributed by atoms with Gasteiger partial charge in [0.2, 0.25) is 0 Å². The van der Waals surface area contributed by atoms with Crippen LogP contribution in [0.4, 0.5) is 0 Å². The van der Waals surface area contributed by atoms with Crippen molar-refractivity contribution in [2.45, 2.75) is 40.2 Å². The monoisotopic (exact) mass is 276 g/mol. The first-order valence-corrected chi connectivity index (χ1v) is 7.21. The van der Waals surface area contributed by atoms with Crippen molar-refractivity contribution >= 4 is 22.5 Å². The first-order chi connectivity index (χ1) is 9.04. The fourth-order valence-corrected chi connectivity index (χ4v) is 2.35. The molecule has 0 radical (unpaired) electrons. The number of aromatic nitrogens is 1. The second kappa shape index (κ2) is 5.89. The van der Waals surface area contributed by atoms with E-state index in [-0.39, 0.29) is 0 Å². The van der Waals surface area contributed by atoms with E-state index in [1.165, 1.54) is 10.9 Å². The third-order valence-corrected chi connectivity index (χ3v) is 3.84. The second-order valence-corrected chi connectivity index (χ2v) is 5.62. The summed E-state index contributed by atoms with van der Waals surface area (Å²) in [6.45, 7) is 10.3. The highest BCUT2D eigenvalue weighted by molar-refractivity contribution is 6.32. The molecule has 0 aliphatic carbocycles. The molecule has 0 aliphatic rings. The molecule has 2 aromatic rings. The van der Waals surface area contributed by atoms with Crippen LogP contribution in [0.15, 0.2) is 18.2 Å². The van der Waals surface area contributed by atoms with Gasteiger partial charge in [0.15, 0.2) is 0 Å². The van der Waals surface area contributed by atoms with Crippen LogP contribution < -0.4 is 5.32 Å². The van der Waals surface area contributed by atoms with Crippen molar-refractivity contribution in [3.63, 3.8) is 0 Å². The second-order valence-electron chi connectivity index (χ2n) is 5.21. The molecule has 0 atom stereocenters. The molecule has 0 amide bonds. The van der Waals surface area contributed by atoms with E-state index < -0.39 is 0 Å². The Bertz CT molecular complexity index is 591. The molecule has 1 heterocycles. The quantitative estimate of drug-likeness (QED) is 0.894. The maximum atomic E-state index is 6.22.